The Labute approximate surface area is 101 Å². The molecule has 0 spiro atoms. The van der Waals surface area contributed by atoms with E-state index in [1.165, 1.54) is 39.1 Å². The van der Waals surface area contributed by atoms with Crippen LogP contribution in [0.15, 0.2) is 11.1 Å². The molecular formula is C12H19N3O2. The lowest BCUT2D eigenvalue weighted by atomic mass is 10.0. The van der Waals surface area contributed by atoms with E-state index in [4.69, 9.17) is 4.74 Å². The van der Waals surface area contributed by atoms with Crippen LogP contribution in [-0.2, 0) is 0 Å². The second kappa shape index (κ2) is 5.70. The van der Waals surface area contributed by atoms with E-state index in [0.717, 1.165) is 18.9 Å². The van der Waals surface area contributed by atoms with E-state index < -0.39 is 0 Å². The molecule has 0 aromatic carbocycles. The SMILES string of the molecule is COc1c(NCCC2CCCC2)nc[nH]c1=O. The van der Waals surface area contributed by atoms with Crippen LogP contribution in [-0.4, -0.2) is 23.6 Å². The summed E-state index contributed by atoms with van der Waals surface area (Å²) in [5.41, 5.74) is -0.245. The summed E-state index contributed by atoms with van der Waals surface area (Å²) in [7, 11) is 1.48. The number of hydrogen-bond donors (Lipinski definition) is 2. The van der Waals surface area contributed by atoms with Crippen LogP contribution in [0.5, 0.6) is 5.75 Å². The maximum Gasteiger partial charge on any atom is 0.295 e. The van der Waals surface area contributed by atoms with Gasteiger partial charge in [-0.25, -0.2) is 4.98 Å². The lowest BCUT2D eigenvalue weighted by Gasteiger charge is -2.11. The molecular weight excluding hydrogens is 218 g/mol. The largest absolute Gasteiger partial charge is 0.489 e. The smallest absolute Gasteiger partial charge is 0.295 e. The minimum Gasteiger partial charge on any atom is -0.489 e. The van der Waals surface area contributed by atoms with Crippen LogP contribution in [0.25, 0.3) is 0 Å². The highest BCUT2D eigenvalue weighted by molar-refractivity contribution is 5.47. The molecule has 0 aliphatic heterocycles. The first-order chi connectivity index (χ1) is 8.31. The molecule has 5 nitrogen and oxygen atoms in total. The Morgan fingerprint density at radius 1 is 1.53 bits per heavy atom. The molecule has 1 saturated carbocycles. The fourth-order valence-corrected chi connectivity index (χ4v) is 2.40. The normalized spacial score (nSPS) is 16.1. The van der Waals surface area contributed by atoms with Crippen LogP contribution in [0.3, 0.4) is 0 Å². The second-order valence-electron chi connectivity index (χ2n) is 4.48. The quantitative estimate of drug-likeness (QED) is 0.819. The Hall–Kier alpha value is -1.52. The first-order valence-corrected chi connectivity index (χ1v) is 6.17. The highest BCUT2D eigenvalue weighted by atomic mass is 16.5. The first kappa shape index (κ1) is 12.0. The molecule has 2 rings (SSSR count). The topological polar surface area (TPSA) is 67.0 Å². The van der Waals surface area contributed by atoms with Gasteiger partial charge in [0.25, 0.3) is 5.56 Å². The number of ether oxygens (including phenoxy) is 1. The predicted molar refractivity (Wildman–Crippen MR) is 66.5 cm³/mol. The highest BCUT2D eigenvalue weighted by Gasteiger charge is 2.15. The summed E-state index contributed by atoms with van der Waals surface area (Å²) in [4.78, 5) is 18.0. The van der Waals surface area contributed by atoms with Crippen LogP contribution in [0, 0.1) is 5.92 Å². The standard InChI is InChI=1S/C12H19N3O2/c1-17-10-11(14-8-15-12(10)16)13-7-6-9-4-2-3-5-9/h8-9H,2-7H2,1H3,(H2,13,14,15,16). The number of H-pyrrole nitrogens is 1. The van der Waals surface area contributed by atoms with E-state index in [0.29, 0.717) is 5.82 Å². The minimum atomic E-state index is -0.245. The van der Waals surface area contributed by atoms with E-state index in [1.807, 2.05) is 0 Å². The van der Waals surface area contributed by atoms with Crippen LogP contribution < -0.4 is 15.6 Å². The Kier molecular flexibility index (Phi) is 4.01. The average molecular weight is 237 g/mol. The molecule has 0 radical (unpaired) electrons. The van der Waals surface area contributed by atoms with Gasteiger partial charge in [-0.3, -0.25) is 4.79 Å². The summed E-state index contributed by atoms with van der Waals surface area (Å²) < 4.78 is 5.03. The van der Waals surface area contributed by atoms with Crippen molar-refractivity contribution in [3.05, 3.63) is 16.7 Å². The highest BCUT2D eigenvalue weighted by Crippen LogP contribution is 2.27. The van der Waals surface area contributed by atoms with Gasteiger partial charge in [-0.15, -0.1) is 0 Å². The van der Waals surface area contributed by atoms with Crippen molar-refractivity contribution >= 4 is 5.82 Å². The summed E-state index contributed by atoms with van der Waals surface area (Å²) >= 11 is 0. The maximum atomic E-state index is 11.4. The van der Waals surface area contributed by atoms with Gasteiger partial charge >= 0.3 is 0 Å². The second-order valence-corrected chi connectivity index (χ2v) is 4.48. The zero-order chi connectivity index (χ0) is 12.1. The molecule has 1 aliphatic rings. The first-order valence-electron chi connectivity index (χ1n) is 6.17. The van der Waals surface area contributed by atoms with Gasteiger partial charge in [0.05, 0.1) is 13.4 Å². The number of aromatic nitrogens is 2. The van der Waals surface area contributed by atoms with Crippen LogP contribution in [0.4, 0.5) is 5.82 Å². The number of nitrogens with one attached hydrogen (secondary N) is 2. The van der Waals surface area contributed by atoms with Crippen molar-refractivity contribution in [2.45, 2.75) is 32.1 Å². The molecule has 1 fully saturated rings. The van der Waals surface area contributed by atoms with E-state index in [-0.39, 0.29) is 11.3 Å². The number of hydrogen-bond acceptors (Lipinski definition) is 4. The van der Waals surface area contributed by atoms with Gasteiger partial charge in [0.2, 0.25) is 5.75 Å². The number of anilines is 1. The lowest BCUT2D eigenvalue weighted by molar-refractivity contribution is 0.407. The lowest BCUT2D eigenvalue weighted by Crippen LogP contribution is -2.15. The van der Waals surface area contributed by atoms with Crippen molar-refractivity contribution in [2.75, 3.05) is 19.0 Å². The zero-order valence-corrected chi connectivity index (χ0v) is 10.2. The Balaban J connectivity index is 1.89. The Morgan fingerprint density at radius 3 is 3.00 bits per heavy atom. The average Bonchev–Trinajstić information content (AvgIpc) is 2.82. The summed E-state index contributed by atoms with van der Waals surface area (Å²) in [6.45, 7) is 0.845. The van der Waals surface area contributed by atoms with Gasteiger partial charge < -0.3 is 15.0 Å². The molecule has 1 aromatic rings. The van der Waals surface area contributed by atoms with Gasteiger partial charge in [-0.2, -0.15) is 0 Å². The van der Waals surface area contributed by atoms with Crippen molar-refractivity contribution in [3.8, 4) is 5.75 Å². The molecule has 0 bridgehead atoms. The molecule has 2 N–H and O–H groups in total. The fourth-order valence-electron chi connectivity index (χ4n) is 2.40. The van der Waals surface area contributed by atoms with Crippen LogP contribution in [0.2, 0.25) is 0 Å². The molecule has 0 atom stereocenters. The third-order valence-corrected chi connectivity index (χ3v) is 3.33. The van der Waals surface area contributed by atoms with E-state index in [1.54, 1.807) is 0 Å². The molecule has 0 amide bonds. The van der Waals surface area contributed by atoms with E-state index >= 15 is 0 Å². The van der Waals surface area contributed by atoms with Crippen molar-refractivity contribution in [3.63, 3.8) is 0 Å². The van der Waals surface area contributed by atoms with Crippen LogP contribution >= 0.6 is 0 Å². The van der Waals surface area contributed by atoms with Crippen molar-refractivity contribution < 1.29 is 4.74 Å². The summed E-state index contributed by atoms with van der Waals surface area (Å²) in [6, 6.07) is 0. The van der Waals surface area contributed by atoms with Gasteiger partial charge in [-0.1, -0.05) is 25.7 Å². The number of rotatable bonds is 5. The maximum absolute atomic E-state index is 11.4. The Morgan fingerprint density at radius 2 is 2.29 bits per heavy atom. The monoisotopic (exact) mass is 237 g/mol. The van der Waals surface area contributed by atoms with Crippen molar-refractivity contribution in [2.24, 2.45) is 5.92 Å². The van der Waals surface area contributed by atoms with Gasteiger partial charge in [0, 0.05) is 6.54 Å². The van der Waals surface area contributed by atoms with Gasteiger partial charge in [-0.05, 0) is 12.3 Å². The minimum absolute atomic E-state index is 0.245. The van der Waals surface area contributed by atoms with Gasteiger partial charge in [0.15, 0.2) is 5.82 Å². The van der Waals surface area contributed by atoms with E-state index in [2.05, 4.69) is 15.3 Å². The molecule has 1 aromatic heterocycles. The summed E-state index contributed by atoms with van der Waals surface area (Å²) in [5, 5.41) is 3.18. The predicted octanol–water partition coefficient (Wildman–Crippen LogP) is 1.77. The summed E-state index contributed by atoms with van der Waals surface area (Å²) in [6.07, 6.45) is 7.91. The summed E-state index contributed by atoms with van der Waals surface area (Å²) in [5.74, 6) is 1.63. The van der Waals surface area contributed by atoms with E-state index in [9.17, 15) is 4.79 Å². The van der Waals surface area contributed by atoms with Crippen LogP contribution in [0.1, 0.15) is 32.1 Å². The Bertz CT molecular complexity index is 410. The molecule has 17 heavy (non-hydrogen) atoms. The molecule has 0 saturated heterocycles. The van der Waals surface area contributed by atoms with Crippen molar-refractivity contribution in [1.82, 2.24) is 9.97 Å². The zero-order valence-electron chi connectivity index (χ0n) is 10.2. The number of methoxy groups -OCH3 is 1. The fraction of sp³-hybridized carbons (Fsp3) is 0.667. The molecule has 0 unspecified atom stereocenters. The third kappa shape index (κ3) is 2.99. The van der Waals surface area contributed by atoms with Gasteiger partial charge in [0.1, 0.15) is 0 Å². The number of aromatic amines is 1. The molecule has 1 heterocycles. The molecule has 5 heteroatoms. The molecule has 1 aliphatic carbocycles. The molecule has 94 valence electrons. The number of nitrogens with zero attached hydrogens (tertiary/aromatic N) is 1. The van der Waals surface area contributed by atoms with Crippen molar-refractivity contribution in [1.29, 1.82) is 0 Å². The third-order valence-electron chi connectivity index (χ3n) is 3.33.